The van der Waals surface area contributed by atoms with E-state index in [4.69, 9.17) is 9.47 Å². The molecule has 0 amide bonds. The van der Waals surface area contributed by atoms with Crippen molar-refractivity contribution < 1.29 is 14.0 Å². The molecule has 0 saturated carbocycles. The number of pyridine rings is 1. The van der Waals surface area contributed by atoms with Gasteiger partial charge in [-0.2, -0.15) is 0 Å². The van der Waals surface area contributed by atoms with E-state index in [9.17, 15) is 0 Å². The van der Waals surface area contributed by atoms with Gasteiger partial charge in [0.2, 0.25) is 0 Å². The second kappa shape index (κ2) is 11.1. The maximum atomic E-state index is 6.34. The van der Waals surface area contributed by atoms with Gasteiger partial charge in [0, 0.05) is 24.8 Å². The summed E-state index contributed by atoms with van der Waals surface area (Å²) in [4.78, 5) is 0. The van der Waals surface area contributed by atoms with E-state index in [1.165, 1.54) is 12.0 Å². The first-order valence-electron chi connectivity index (χ1n) is 10.3. The van der Waals surface area contributed by atoms with Crippen LogP contribution >= 0.6 is 0 Å². The molecule has 0 N–H and O–H groups in total. The Morgan fingerprint density at radius 2 is 1.43 bits per heavy atom. The van der Waals surface area contributed by atoms with Gasteiger partial charge in [0.1, 0.15) is 7.05 Å². The van der Waals surface area contributed by atoms with Gasteiger partial charge in [-0.15, -0.1) is 0 Å². The minimum absolute atomic E-state index is 0.200. The van der Waals surface area contributed by atoms with Crippen LogP contribution in [0.5, 0.6) is 0 Å². The fourth-order valence-corrected chi connectivity index (χ4v) is 3.07. The zero-order valence-electron chi connectivity index (χ0n) is 18.3. The molecular weight excluding hydrogens is 346 g/mol. The van der Waals surface area contributed by atoms with Crippen molar-refractivity contribution in [3.05, 3.63) is 65.5 Å². The Bertz CT molecular complexity index is 717. The normalized spacial score (nSPS) is 14.1. The molecule has 0 spiro atoms. The van der Waals surface area contributed by atoms with Crippen LogP contribution in [0.4, 0.5) is 0 Å². The number of aromatic nitrogens is 1. The van der Waals surface area contributed by atoms with Crippen LogP contribution in [0.15, 0.2) is 48.8 Å². The molecule has 0 aliphatic rings. The van der Waals surface area contributed by atoms with Gasteiger partial charge in [-0.3, -0.25) is 0 Å². The van der Waals surface area contributed by atoms with Gasteiger partial charge in [0.05, 0.1) is 6.10 Å². The van der Waals surface area contributed by atoms with E-state index in [0.717, 1.165) is 17.5 Å². The Hall–Kier alpha value is -1.97. The number of hydrogen-bond donors (Lipinski definition) is 0. The molecular formula is C25H36NO2+. The first-order valence-corrected chi connectivity index (χ1v) is 10.3. The van der Waals surface area contributed by atoms with Crippen LogP contribution in [0.3, 0.4) is 0 Å². The van der Waals surface area contributed by atoms with Crippen molar-refractivity contribution in [2.45, 2.75) is 52.9 Å². The van der Waals surface area contributed by atoms with Gasteiger partial charge >= 0.3 is 0 Å². The maximum Gasteiger partial charge on any atom is 0.183 e. The summed E-state index contributed by atoms with van der Waals surface area (Å²) < 4.78 is 14.0. The van der Waals surface area contributed by atoms with Gasteiger partial charge < -0.3 is 9.47 Å². The molecule has 0 aliphatic carbocycles. The topological polar surface area (TPSA) is 22.3 Å². The number of benzene rings is 1. The van der Waals surface area contributed by atoms with Gasteiger partial charge in [0.25, 0.3) is 0 Å². The third-order valence-corrected chi connectivity index (χ3v) is 4.97. The van der Waals surface area contributed by atoms with Gasteiger partial charge in [-0.1, -0.05) is 64.1 Å². The third kappa shape index (κ3) is 7.21. The van der Waals surface area contributed by atoms with E-state index >= 15 is 0 Å². The predicted molar refractivity (Wildman–Crippen MR) is 117 cm³/mol. The Morgan fingerprint density at radius 3 is 1.93 bits per heavy atom. The Kier molecular flexibility index (Phi) is 8.88. The molecule has 0 bridgehead atoms. The molecule has 3 nitrogen and oxygen atoms in total. The largest absolute Gasteiger partial charge is 0.352 e. The molecule has 2 aromatic rings. The Balaban J connectivity index is 2.03. The van der Waals surface area contributed by atoms with E-state index in [2.05, 4.69) is 76.2 Å². The van der Waals surface area contributed by atoms with Crippen molar-refractivity contribution in [1.29, 1.82) is 0 Å². The zero-order valence-corrected chi connectivity index (χ0v) is 18.3. The van der Waals surface area contributed by atoms with Gasteiger partial charge in [-0.05, 0) is 35.8 Å². The summed E-state index contributed by atoms with van der Waals surface area (Å²) in [6, 6.07) is 12.6. The summed E-state index contributed by atoms with van der Waals surface area (Å²) in [6.45, 7) is 8.95. The van der Waals surface area contributed by atoms with E-state index in [-0.39, 0.29) is 12.4 Å². The van der Waals surface area contributed by atoms with Crippen molar-refractivity contribution in [3.8, 4) is 0 Å². The lowest BCUT2D eigenvalue weighted by atomic mass is 9.97. The molecule has 2 unspecified atom stereocenters. The monoisotopic (exact) mass is 382 g/mol. The standard InChI is InChI=1S/C25H36NO2/c1-19(2)7-14-24(20(3)4)28-25(27-6)23-12-10-21(11-13-23)8-9-22-15-17-26(5)18-16-22/h8-13,15-20,24-25H,7,14H2,1-6H3/q+1/b9-8+. The lowest BCUT2D eigenvalue weighted by Gasteiger charge is -2.27. The van der Waals surface area contributed by atoms with Crippen LogP contribution in [0.1, 0.15) is 63.5 Å². The summed E-state index contributed by atoms with van der Waals surface area (Å²) in [5, 5.41) is 0. The van der Waals surface area contributed by atoms with Crippen molar-refractivity contribution in [3.63, 3.8) is 0 Å². The Morgan fingerprint density at radius 1 is 0.857 bits per heavy atom. The predicted octanol–water partition coefficient (Wildman–Crippen LogP) is 5.80. The van der Waals surface area contributed by atoms with Crippen molar-refractivity contribution in [2.75, 3.05) is 7.11 Å². The number of aryl methyl sites for hydroxylation is 1. The first kappa shape index (κ1) is 22.3. The fraction of sp³-hybridized carbons (Fsp3) is 0.480. The smallest absolute Gasteiger partial charge is 0.183 e. The number of rotatable bonds is 10. The molecule has 0 radical (unpaired) electrons. The summed E-state index contributed by atoms with van der Waals surface area (Å²) in [5.41, 5.74) is 3.40. The summed E-state index contributed by atoms with van der Waals surface area (Å²) in [6.07, 6.45) is 10.5. The molecule has 28 heavy (non-hydrogen) atoms. The average Bonchev–Trinajstić information content (AvgIpc) is 2.68. The Labute approximate surface area is 171 Å². The van der Waals surface area contributed by atoms with Crippen LogP contribution in [-0.4, -0.2) is 13.2 Å². The van der Waals surface area contributed by atoms with Crippen LogP contribution in [-0.2, 0) is 16.5 Å². The highest BCUT2D eigenvalue weighted by Crippen LogP contribution is 2.26. The van der Waals surface area contributed by atoms with E-state index in [0.29, 0.717) is 11.8 Å². The highest BCUT2D eigenvalue weighted by molar-refractivity contribution is 5.69. The first-order chi connectivity index (χ1) is 13.4. The second-order valence-corrected chi connectivity index (χ2v) is 8.25. The highest BCUT2D eigenvalue weighted by Gasteiger charge is 2.21. The molecule has 0 aliphatic heterocycles. The molecule has 2 rings (SSSR count). The van der Waals surface area contributed by atoms with Crippen LogP contribution in [0.25, 0.3) is 12.2 Å². The third-order valence-electron chi connectivity index (χ3n) is 4.97. The summed E-state index contributed by atoms with van der Waals surface area (Å²) >= 11 is 0. The molecule has 1 heterocycles. The van der Waals surface area contributed by atoms with Crippen molar-refractivity contribution in [2.24, 2.45) is 18.9 Å². The molecule has 1 aromatic heterocycles. The minimum Gasteiger partial charge on any atom is -0.352 e. The molecule has 152 valence electrons. The van der Waals surface area contributed by atoms with Crippen molar-refractivity contribution in [1.82, 2.24) is 0 Å². The van der Waals surface area contributed by atoms with Gasteiger partial charge in [0.15, 0.2) is 18.7 Å². The van der Waals surface area contributed by atoms with Crippen molar-refractivity contribution >= 4 is 12.2 Å². The molecule has 0 fully saturated rings. The van der Waals surface area contributed by atoms with Crippen LogP contribution in [0, 0.1) is 11.8 Å². The SMILES string of the molecule is COC(OC(CCC(C)C)C(C)C)c1ccc(/C=C/c2cc[n+](C)cc2)cc1. The number of nitrogens with zero attached hydrogens (tertiary/aromatic N) is 1. The van der Waals surface area contributed by atoms with Crippen LogP contribution in [0.2, 0.25) is 0 Å². The quantitative estimate of drug-likeness (QED) is 0.382. The van der Waals surface area contributed by atoms with E-state index < -0.39 is 0 Å². The number of methoxy groups -OCH3 is 1. The average molecular weight is 383 g/mol. The number of ether oxygens (including phenoxy) is 2. The highest BCUT2D eigenvalue weighted by atomic mass is 16.7. The molecule has 2 atom stereocenters. The maximum absolute atomic E-state index is 6.34. The van der Waals surface area contributed by atoms with Gasteiger partial charge in [-0.25, -0.2) is 4.57 Å². The fourth-order valence-electron chi connectivity index (χ4n) is 3.07. The molecule has 3 heteroatoms. The second-order valence-electron chi connectivity index (χ2n) is 8.25. The number of hydrogen-bond acceptors (Lipinski definition) is 2. The minimum atomic E-state index is -0.327. The van der Waals surface area contributed by atoms with E-state index in [1.807, 2.05) is 24.0 Å². The summed E-state index contributed by atoms with van der Waals surface area (Å²) in [7, 11) is 3.74. The van der Waals surface area contributed by atoms with E-state index in [1.54, 1.807) is 7.11 Å². The molecule has 0 saturated heterocycles. The zero-order chi connectivity index (χ0) is 20.5. The van der Waals surface area contributed by atoms with Crippen LogP contribution < -0.4 is 4.57 Å². The lowest BCUT2D eigenvalue weighted by molar-refractivity contribution is -0.671. The molecule has 1 aromatic carbocycles. The lowest BCUT2D eigenvalue weighted by Crippen LogP contribution is -2.25. The summed E-state index contributed by atoms with van der Waals surface area (Å²) in [5.74, 6) is 1.15.